The average Bonchev–Trinajstić information content (AvgIpc) is 3.31. The Hall–Kier alpha value is -5.28. The highest BCUT2D eigenvalue weighted by atomic mass is 79.9. The number of hydrogen-bond donors (Lipinski definition) is 1. The van der Waals surface area contributed by atoms with Gasteiger partial charge in [0, 0.05) is 86.7 Å². The van der Waals surface area contributed by atoms with Gasteiger partial charge in [0.2, 0.25) is 0 Å². The van der Waals surface area contributed by atoms with Gasteiger partial charge in [0.25, 0.3) is 11.8 Å². The van der Waals surface area contributed by atoms with Crippen LogP contribution >= 0.6 is 15.9 Å². The van der Waals surface area contributed by atoms with Crippen LogP contribution in [0.4, 0.5) is 5.69 Å². The van der Waals surface area contributed by atoms with E-state index in [0.717, 1.165) is 125 Å². The number of nitrogen functional groups attached to an aromatic ring is 1. The third-order valence-corrected chi connectivity index (χ3v) is 13.2. The van der Waals surface area contributed by atoms with Crippen LogP contribution in [-0.4, -0.2) is 83.8 Å². The normalized spacial score (nSPS) is 14.4. The van der Waals surface area contributed by atoms with Crippen molar-refractivity contribution in [2.75, 3.05) is 58.1 Å². The van der Waals surface area contributed by atoms with Gasteiger partial charge in [-0.1, -0.05) is 124 Å². The van der Waals surface area contributed by atoms with E-state index in [1.165, 1.54) is 32.3 Å². The van der Waals surface area contributed by atoms with Crippen LogP contribution in [0.5, 0.6) is 0 Å². The molecule has 2 N–H and O–H groups in total. The zero-order valence-corrected chi connectivity index (χ0v) is 38.7. The average molecular weight is 895 g/mol. The Bertz CT molecular complexity index is 2240. The number of halogens is 1. The van der Waals surface area contributed by atoms with Gasteiger partial charge < -0.3 is 15.5 Å². The van der Waals surface area contributed by atoms with E-state index in [-0.39, 0.29) is 11.8 Å². The van der Waals surface area contributed by atoms with Crippen LogP contribution in [0, 0.1) is 0 Å². The summed E-state index contributed by atoms with van der Waals surface area (Å²) in [6, 6.07) is 45.7. The van der Waals surface area contributed by atoms with Gasteiger partial charge >= 0.3 is 0 Å². The SMILES string of the molecule is CCN(CC)C(=O)c1ccc(C(=C2CCN(Cc3ccccc3)CC2)c2cccc(N)c2)cc1.CCN(CC)C(=O)c1ccc(C(Br)=C2CCN(Cc3ccccc3)CC2)cc1. The van der Waals surface area contributed by atoms with Gasteiger partial charge in [0.15, 0.2) is 0 Å². The van der Waals surface area contributed by atoms with Gasteiger partial charge in [-0.05, 0) is 123 Å². The minimum Gasteiger partial charge on any atom is -0.399 e. The summed E-state index contributed by atoms with van der Waals surface area (Å²) in [4.78, 5) is 34.0. The summed E-state index contributed by atoms with van der Waals surface area (Å²) in [6.45, 7) is 17.2. The van der Waals surface area contributed by atoms with Crippen molar-refractivity contribution in [3.63, 3.8) is 0 Å². The molecule has 8 heteroatoms. The van der Waals surface area contributed by atoms with Crippen molar-refractivity contribution in [1.82, 2.24) is 19.6 Å². The first-order valence-electron chi connectivity index (χ1n) is 22.5. The Morgan fingerprint density at radius 3 is 1.32 bits per heavy atom. The highest BCUT2D eigenvalue weighted by Crippen LogP contribution is 2.35. The standard InChI is InChI=1S/C30H35N3O.C24H29BrN2O/c1-3-33(4-2)30(34)26-15-13-24(14-16-26)29(27-11-8-12-28(31)21-27)25-17-19-32(20-18-25)22-23-9-6-5-7-10-23;1-3-27(4-2)24(28)22-12-10-20(11-13-22)23(25)21-14-16-26(17-15-21)18-19-8-6-5-7-9-19/h5-16,21H,3-4,17-20,22,31H2,1-2H3;5-13H,3-4,14-18H2,1-2H3. The van der Waals surface area contributed by atoms with Crippen molar-refractivity contribution in [1.29, 1.82) is 0 Å². The van der Waals surface area contributed by atoms with Crippen LogP contribution < -0.4 is 5.73 Å². The van der Waals surface area contributed by atoms with E-state index in [9.17, 15) is 9.59 Å². The molecule has 0 unspecified atom stereocenters. The molecular weight excluding hydrogens is 831 g/mol. The fraction of sp³-hybridized carbons (Fsp3) is 0.333. The van der Waals surface area contributed by atoms with Crippen molar-refractivity contribution in [2.45, 2.75) is 66.5 Å². The fourth-order valence-corrected chi connectivity index (χ4v) is 9.17. The predicted molar refractivity (Wildman–Crippen MR) is 262 cm³/mol. The van der Waals surface area contributed by atoms with Crippen LogP contribution in [-0.2, 0) is 13.1 Å². The number of benzene rings is 5. The van der Waals surface area contributed by atoms with Crippen molar-refractivity contribution in [2.24, 2.45) is 0 Å². The summed E-state index contributed by atoms with van der Waals surface area (Å²) in [6.07, 6.45) is 4.20. The summed E-state index contributed by atoms with van der Waals surface area (Å²) in [5, 5.41) is 0. The lowest BCUT2D eigenvalue weighted by Gasteiger charge is -2.30. The number of nitrogens with zero attached hydrogens (tertiary/aromatic N) is 4. The zero-order valence-electron chi connectivity index (χ0n) is 37.2. The molecular formula is C54H64BrN5O2. The highest BCUT2D eigenvalue weighted by molar-refractivity contribution is 9.15. The number of hydrogen-bond acceptors (Lipinski definition) is 5. The maximum atomic E-state index is 12.8. The number of likely N-dealkylation sites (tertiary alicyclic amines) is 2. The smallest absolute Gasteiger partial charge is 0.253 e. The van der Waals surface area contributed by atoms with Gasteiger partial charge in [0.1, 0.15) is 0 Å². The van der Waals surface area contributed by atoms with E-state index < -0.39 is 0 Å². The van der Waals surface area contributed by atoms with Crippen molar-refractivity contribution >= 4 is 43.5 Å². The van der Waals surface area contributed by atoms with Crippen LogP contribution in [0.1, 0.15) is 102 Å². The molecule has 324 valence electrons. The Morgan fingerprint density at radius 1 is 0.500 bits per heavy atom. The molecule has 0 bridgehead atoms. The van der Waals surface area contributed by atoms with Crippen LogP contribution in [0.25, 0.3) is 10.1 Å². The Labute approximate surface area is 379 Å². The molecule has 5 aromatic carbocycles. The molecule has 2 heterocycles. The largest absolute Gasteiger partial charge is 0.399 e. The summed E-state index contributed by atoms with van der Waals surface area (Å²) in [5.41, 5.74) is 18.8. The molecule has 7 nitrogen and oxygen atoms in total. The molecule has 0 radical (unpaired) electrons. The van der Waals surface area contributed by atoms with E-state index in [2.05, 4.69) is 123 Å². The first-order valence-corrected chi connectivity index (χ1v) is 23.3. The Kier molecular flexibility index (Phi) is 17.3. The van der Waals surface area contributed by atoms with Crippen molar-refractivity contribution < 1.29 is 9.59 Å². The van der Waals surface area contributed by atoms with Crippen molar-refractivity contribution in [3.8, 4) is 0 Å². The zero-order chi connectivity index (χ0) is 43.8. The number of nitrogens with two attached hydrogens (primary N) is 1. The van der Waals surface area contributed by atoms with Crippen LogP contribution in [0.2, 0.25) is 0 Å². The molecule has 62 heavy (non-hydrogen) atoms. The second kappa shape index (κ2) is 23.2. The number of carbonyl (C=O) groups excluding carboxylic acids is 2. The fourth-order valence-electron chi connectivity index (χ4n) is 8.51. The van der Waals surface area contributed by atoms with E-state index >= 15 is 0 Å². The molecule has 0 aliphatic carbocycles. The van der Waals surface area contributed by atoms with Gasteiger partial charge in [-0.2, -0.15) is 0 Å². The van der Waals surface area contributed by atoms with Crippen molar-refractivity contribution in [3.05, 3.63) is 184 Å². The monoisotopic (exact) mass is 893 g/mol. The van der Waals surface area contributed by atoms with E-state index in [4.69, 9.17) is 5.73 Å². The minimum absolute atomic E-state index is 0.0870. The lowest BCUT2D eigenvalue weighted by Crippen LogP contribution is -2.30. The first kappa shape index (κ1) is 46.2. The molecule has 2 fully saturated rings. The lowest BCUT2D eigenvalue weighted by atomic mass is 9.87. The maximum Gasteiger partial charge on any atom is 0.253 e. The van der Waals surface area contributed by atoms with Gasteiger partial charge in [-0.3, -0.25) is 19.4 Å². The minimum atomic E-state index is 0.0870. The van der Waals surface area contributed by atoms with Gasteiger partial charge in [-0.25, -0.2) is 0 Å². The number of anilines is 1. The second-order valence-electron chi connectivity index (χ2n) is 16.2. The molecule has 0 spiro atoms. The first-order chi connectivity index (χ1) is 30.2. The molecule has 2 amide bonds. The molecule has 0 aromatic heterocycles. The molecule has 0 saturated carbocycles. The number of rotatable bonds is 13. The number of amides is 2. The number of piperidine rings is 2. The topological polar surface area (TPSA) is 73.1 Å². The third-order valence-electron chi connectivity index (χ3n) is 12.2. The molecule has 0 atom stereocenters. The van der Waals surface area contributed by atoms with Crippen LogP contribution in [0.15, 0.2) is 145 Å². The Balaban J connectivity index is 0.000000211. The molecule has 2 aliphatic heterocycles. The van der Waals surface area contributed by atoms with Crippen LogP contribution in [0.3, 0.4) is 0 Å². The Morgan fingerprint density at radius 2 is 0.903 bits per heavy atom. The highest BCUT2D eigenvalue weighted by Gasteiger charge is 2.21. The molecule has 2 saturated heterocycles. The summed E-state index contributed by atoms with van der Waals surface area (Å²) < 4.78 is 1.19. The predicted octanol–water partition coefficient (Wildman–Crippen LogP) is 11.4. The summed E-state index contributed by atoms with van der Waals surface area (Å²) >= 11 is 3.82. The third kappa shape index (κ3) is 12.4. The molecule has 7 rings (SSSR count). The van der Waals surface area contributed by atoms with Gasteiger partial charge in [0.05, 0.1) is 0 Å². The quantitative estimate of drug-likeness (QED) is 0.119. The summed E-state index contributed by atoms with van der Waals surface area (Å²) in [5.74, 6) is 0.193. The van der Waals surface area contributed by atoms with E-state index in [0.29, 0.717) is 0 Å². The summed E-state index contributed by atoms with van der Waals surface area (Å²) in [7, 11) is 0. The molecule has 5 aromatic rings. The van der Waals surface area contributed by atoms with E-state index in [1.807, 2.05) is 73.9 Å². The second-order valence-corrected chi connectivity index (χ2v) is 16.9. The van der Waals surface area contributed by atoms with E-state index in [1.54, 1.807) is 0 Å². The maximum absolute atomic E-state index is 12.8. The lowest BCUT2D eigenvalue weighted by molar-refractivity contribution is 0.0765. The molecule has 2 aliphatic rings. The van der Waals surface area contributed by atoms with Gasteiger partial charge in [-0.15, -0.1) is 0 Å². The number of carbonyl (C=O) groups is 2.